The normalized spacial score (nSPS) is 19.6. The van der Waals surface area contributed by atoms with E-state index in [2.05, 4.69) is 11.2 Å². The standard InChI is InChI=1S/C9H15NO2S/c1-2-7-13(11,12)8-9-3-5-10-6-4-9/h1,9-10H,3-8H2. The monoisotopic (exact) mass is 201 g/mol. The van der Waals surface area contributed by atoms with Crippen molar-refractivity contribution in [2.24, 2.45) is 5.92 Å². The molecule has 74 valence electrons. The summed E-state index contributed by atoms with van der Waals surface area (Å²) in [5.74, 6) is 2.65. The van der Waals surface area contributed by atoms with Gasteiger partial charge in [-0.2, -0.15) is 0 Å². The van der Waals surface area contributed by atoms with Crippen LogP contribution in [0.15, 0.2) is 0 Å². The molecule has 4 heteroatoms. The molecule has 1 N–H and O–H groups in total. The molecule has 1 aliphatic rings. The third-order valence-electron chi connectivity index (χ3n) is 2.25. The largest absolute Gasteiger partial charge is 0.317 e. The number of piperidine rings is 1. The third kappa shape index (κ3) is 3.79. The number of hydrogen-bond acceptors (Lipinski definition) is 3. The summed E-state index contributed by atoms with van der Waals surface area (Å²) in [4.78, 5) is 0. The molecule has 0 spiro atoms. The lowest BCUT2D eigenvalue weighted by molar-refractivity contribution is 0.401. The van der Waals surface area contributed by atoms with Crippen molar-refractivity contribution in [3.05, 3.63) is 0 Å². The van der Waals surface area contributed by atoms with E-state index in [4.69, 9.17) is 6.42 Å². The van der Waals surface area contributed by atoms with E-state index in [1.165, 1.54) is 0 Å². The minimum Gasteiger partial charge on any atom is -0.317 e. The van der Waals surface area contributed by atoms with Crippen molar-refractivity contribution < 1.29 is 8.42 Å². The Morgan fingerprint density at radius 2 is 2.00 bits per heavy atom. The van der Waals surface area contributed by atoms with Crippen LogP contribution in [0.1, 0.15) is 12.8 Å². The second-order valence-electron chi connectivity index (χ2n) is 3.45. The molecular weight excluding hydrogens is 186 g/mol. The molecule has 0 aliphatic carbocycles. The van der Waals surface area contributed by atoms with Gasteiger partial charge in [0, 0.05) is 0 Å². The maximum atomic E-state index is 11.3. The lowest BCUT2D eigenvalue weighted by Crippen LogP contribution is -2.31. The Balaban J connectivity index is 2.43. The van der Waals surface area contributed by atoms with Gasteiger partial charge in [0.05, 0.1) is 5.75 Å². The van der Waals surface area contributed by atoms with Crippen LogP contribution in [0.4, 0.5) is 0 Å². The third-order valence-corrected chi connectivity index (χ3v) is 3.84. The Morgan fingerprint density at radius 1 is 1.38 bits per heavy atom. The van der Waals surface area contributed by atoms with Crippen molar-refractivity contribution in [2.45, 2.75) is 12.8 Å². The van der Waals surface area contributed by atoms with Crippen molar-refractivity contribution in [3.8, 4) is 12.3 Å². The summed E-state index contributed by atoms with van der Waals surface area (Å²) in [6.07, 6.45) is 6.87. The molecule has 0 aromatic heterocycles. The fraction of sp³-hybridized carbons (Fsp3) is 0.778. The molecule has 0 aromatic carbocycles. The summed E-state index contributed by atoms with van der Waals surface area (Å²) in [5.41, 5.74) is 0. The van der Waals surface area contributed by atoms with E-state index in [9.17, 15) is 8.42 Å². The first-order chi connectivity index (χ1) is 6.14. The zero-order chi connectivity index (χ0) is 9.73. The summed E-state index contributed by atoms with van der Waals surface area (Å²) in [5, 5.41) is 3.20. The average molecular weight is 201 g/mol. The summed E-state index contributed by atoms with van der Waals surface area (Å²) in [7, 11) is -3.00. The lowest BCUT2D eigenvalue weighted by Gasteiger charge is -2.21. The van der Waals surface area contributed by atoms with Crippen LogP contribution >= 0.6 is 0 Å². The Kier molecular flexibility index (Phi) is 3.76. The van der Waals surface area contributed by atoms with Gasteiger partial charge in [-0.15, -0.1) is 6.42 Å². The summed E-state index contributed by atoms with van der Waals surface area (Å²) in [6, 6.07) is 0. The smallest absolute Gasteiger partial charge is 0.161 e. The van der Waals surface area contributed by atoms with Gasteiger partial charge < -0.3 is 5.32 Å². The molecule has 1 heterocycles. The van der Waals surface area contributed by atoms with E-state index in [1.54, 1.807) is 0 Å². The minimum absolute atomic E-state index is 0.114. The zero-order valence-electron chi connectivity index (χ0n) is 7.62. The summed E-state index contributed by atoms with van der Waals surface area (Å²) in [6.45, 7) is 1.85. The highest BCUT2D eigenvalue weighted by atomic mass is 32.2. The molecule has 1 saturated heterocycles. The van der Waals surface area contributed by atoms with Crippen LogP contribution in [0.5, 0.6) is 0 Å². The first-order valence-corrected chi connectivity index (χ1v) is 6.31. The SMILES string of the molecule is C#CCS(=O)(=O)CC1CCNCC1. The number of rotatable bonds is 3. The molecule has 13 heavy (non-hydrogen) atoms. The predicted molar refractivity (Wildman–Crippen MR) is 53.1 cm³/mol. The van der Waals surface area contributed by atoms with Crippen molar-refractivity contribution in [1.29, 1.82) is 0 Å². The first kappa shape index (κ1) is 10.6. The summed E-state index contributed by atoms with van der Waals surface area (Å²) < 4.78 is 22.7. The molecule has 0 amide bonds. The van der Waals surface area contributed by atoms with Gasteiger partial charge in [0.15, 0.2) is 9.84 Å². The van der Waals surface area contributed by atoms with Crippen molar-refractivity contribution >= 4 is 9.84 Å². The number of nitrogens with one attached hydrogen (secondary N) is 1. The van der Waals surface area contributed by atoms with Gasteiger partial charge in [-0.3, -0.25) is 0 Å². The van der Waals surface area contributed by atoms with Gasteiger partial charge in [-0.05, 0) is 31.8 Å². The minimum atomic E-state index is -3.00. The molecule has 0 radical (unpaired) electrons. The molecule has 1 rings (SSSR count). The van der Waals surface area contributed by atoms with Crippen LogP contribution in [0.25, 0.3) is 0 Å². The van der Waals surface area contributed by atoms with Crippen molar-refractivity contribution in [2.75, 3.05) is 24.6 Å². The maximum absolute atomic E-state index is 11.3. The second-order valence-corrected chi connectivity index (χ2v) is 5.56. The van der Waals surface area contributed by atoms with Crippen LogP contribution in [0, 0.1) is 18.3 Å². The molecule has 3 nitrogen and oxygen atoms in total. The van der Waals surface area contributed by atoms with Crippen molar-refractivity contribution in [3.63, 3.8) is 0 Å². The maximum Gasteiger partial charge on any atom is 0.161 e. The zero-order valence-corrected chi connectivity index (χ0v) is 8.44. The van der Waals surface area contributed by atoms with Gasteiger partial charge in [0.2, 0.25) is 0 Å². The van der Waals surface area contributed by atoms with Crippen LogP contribution in [-0.4, -0.2) is 33.0 Å². The molecule has 0 bridgehead atoms. The van der Waals surface area contributed by atoms with Gasteiger partial charge in [-0.1, -0.05) is 5.92 Å². The Labute approximate surface area is 79.8 Å². The quantitative estimate of drug-likeness (QED) is 0.655. The van der Waals surface area contributed by atoms with Gasteiger partial charge in [-0.25, -0.2) is 8.42 Å². The topological polar surface area (TPSA) is 46.2 Å². The highest BCUT2D eigenvalue weighted by molar-refractivity contribution is 7.91. The Bertz CT molecular complexity index is 283. The molecule has 1 aliphatic heterocycles. The molecule has 0 saturated carbocycles. The number of hydrogen-bond donors (Lipinski definition) is 1. The average Bonchev–Trinajstić information content (AvgIpc) is 2.04. The van der Waals surface area contributed by atoms with Crippen LogP contribution in [0.3, 0.4) is 0 Å². The second kappa shape index (κ2) is 4.64. The Hall–Kier alpha value is -0.530. The number of sulfone groups is 1. The highest BCUT2D eigenvalue weighted by Crippen LogP contribution is 2.14. The molecule has 0 aromatic rings. The molecule has 0 atom stereocenters. The van der Waals surface area contributed by atoms with Crippen molar-refractivity contribution in [1.82, 2.24) is 5.32 Å². The fourth-order valence-corrected chi connectivity index (χ4v) is 3.02. The highest BCUT2D eigenvalue weighted by Gasteiger charge is 2.20. The van der Waals surface area contributed by atoms with E-state index >= 15 is 0 Å². The van der Waals surface area contributed by atoms with Gasteiger partial charge in [0.25, 0.3) is 0 Å². The lowest BCUT2D eigenvalue weighted by atomic mass is 10.0. The first-order valence-electron chi connectivity index (χ1n) is 4.48. The Morgan fingerprint density at radius 3 is 2.54 bits per heavy atom. The molecule has 0 unspecified atom stereocenters. The van der Waals surface area contributed by atoms with Gasteiger partial charge in [0.1, 0.15) is 5.75 Å². The van der Waals surface area contributed by atoms with E-state index in [0.717, 1.165) is 25.9 Å². The van der Waals surface area contributed by atoms with Gasteiger partial charge >= 0.3 is 0 Å². The van der Waals surface area contributed by atoms with E-state index < -0.39 is 9.84 Å². The fourth-order valence-electron chi connectivity index (χ4n) is 1.59. The molecular formula is C9H15NO2S. The van der Waals surface area contributed by atoms with Crippen LogP contribution < -0.4 is 5.32 Å². The van der Waals surface area contributed by atoms with Crippen LogP contribution in [0.2, 0.25) is 0 Å². The van der Waals surface area contributed by atoms with E-state index in [0.29, 0.717) is 5.92 Å². The molecule has 1 fully saturated rings. The van der Waals surface area contributed by atoms with E-state index in [-0.39, 0.29) is 11.5 Å². The summed E-state index contributed by atoms with van der Waals surface area (Å²) >= 11 is 0. The van der Waals surface area contributed by atoms with Crippen LogP contribution in [-0.2, 0) is 9.84 Å². The van der Waals surface area contributed by atoms with E-state index in [1.807, 2.05) is 0 Å². The number of terminal acetylenes is 1. The predicted octanol–water partition coefficient (Wildman–Crippen LogP) is 0.0340.